The minimum atomic E-state index is -1.81. The van der Waals surface area contributed by atoms with Crippen LogP contribution in [0, 0.1) is 0 Å². The molecule has 0 fully saturated rings. The van der Waals surface area contributed by atoms with Crippen molar-refractivity contribution in [3.8, 4) is 0 Å². The molecule has 2 aromatic carbocycles. The number of carbonyl (C=O) groups is 3. The van der Waals surface area contributed by atoms with Gasteiger partial charge in [0, 0.05) is 18.9 Å². The van der Waals surface area contributed by atoms with Crippen LogP contribution in [0.4, 0.5) is 0 Å². The van der Waals surface area contributed by atoms with E-state index < -0.39 is 23.2 Å². The molecule has 0 saturated carbocycles. The second kappa shape index (κ2) is 8.76. The number of rotatable bonds is 7. The first-order valence-electron chi connectivity index (χ1n) is 8.18. The number of ether oxygens (including phenoxy) is 1. The Kier molecular flexibility index (Phi) is 6.44. The molecule has 0 bridgehead atoms. The van der Waals surface area contributed by atoms with E-state index in [1.54, 1.807) is 42.5 Å². The summed E-state index contributed by atoms with van der Waals surface area (Å²) in [7, 11) is 1.19. The fraction of sp³-hybridized carbons (Fsp3) is 0.190. The molecule has 2 aromatic rings. The maximum Gasteiger partial charge on any atom is 0.340 e. The maximum atomic E-state index is 13.1. The van der Waals surface area contributed by atoms with Crippen LogP contribution < -0.4 is 5.32 Å². The van der Waals surface area contributed by atoms with Gasteiger partial charge in [-0.15, -0.1) is 0 Å². The lowest BCUT2D eigenvalue weighted by Crippen LogP contribution is -2.60. The summed E-state index contributed by atoms with van der Waals surface area (Å²) < 4.78 is 4.85. The molecule has 0 heterocycles. The molecular weight excluding hydrogens is 330 g/mol. The monoisotopic (exact) mass is 351 g/mol. The van der Waals surface area contributed by atoms with Crippen molar-refractivity contribution < 1.29 is 19.1 Å². The fourth-order valence-corrected chi connectivity index (χ4v) is 2.67. The van der Waals surface area contributed by atoms with Gasteiger partial charge in [0.15, 0.2) is 5.78 Å². The highest BCUT2D eigenvalue weighted by Crippen LogP contribution is 2.22. The first-order chi connectivity index (χ1) is 12.5. The molecule has 0 spiro atoms. The van der Waals surface area contributed by atoms with Gasteiger partial charge in [-0.2, -0.15) is 0 Å². The molecule has 0 aromatic heterocycles. The van der Waals surface area contributed by atoms with Crippen LogP contribution in [0.5, 0.6) is 0 Å². The van der Waals surface area contributed by atoms with Crippen molar-refractivity contribution in [2.45, 2.75) is 18.9 Å². The Morgan fingerprint density at radius 2 is 1.58 bits per heavy atom. The first-order valence-corrected chi connectivity index (χ1v) is 8.18. The molecule has 0 aliphatic heterocycles. The normalized spacial score (nSPS) is 13.0. The largest absolute Gasteiger partial charge is 0.467 e. The van der Waals surface area contributed by atoms with Gasteiger partial charge in [-0.1, -0.05) is 72.8 Å². The Balaban J connectivity index is 2.41. The molecule has 26 heavy (non-hydrogen) atoms. The molecule has 2 rings (SSSR count). The minimum absolute atomic E-state index is 0.0259. The molecule has 134 valence electrons. The van der Waals surface area contributed by atoms with E-state index in [4.69, 9.17) is 4.74 Å². The van der Waals surface area contributed by atoms with Gasteiger partial charge in [0.05, 0.1) is 7.11 Å². The molecule has 0 radical (unpaired) electrons. The van der Waals surface area contributed by atoms with Gasteiger partial charge >= 0.3 is 5.97 Å². The third-order valence-corrected chi connectivity index (χ3v) is 3.88. The summed E-state index contributed by atoms with van der Waals surface area (Å²) in [4.78, 5) is 37.4. The average Bonchev–Trinajstić information content (AvgIpc) is 2.67. The quantitative estimate of drug-likeness (QED) is 0.473. The van der Waals surface area contributed by atoms with Crippen LogP contribution in [-0.4, -0.2) is 30.3 Å². The number of benzene rings is 2. The van der Waals surface area contributed by atoms with Crippen LogP contribution >= 0.6 is 0 Å². The summed E-state index contributed by atoms with van der Waals surface area (Å²) in [5.74, 6) is -1.81. The Hall–Kier alpha value is -3.21. The van der Waals surface area contributed by atoms with Crippen LogP contribution in [-0.2, 0) is 14.3 Å². The van der Waals surface area contributed by atoms with Gasteiger partial charge in [0.1, 0.15) is 0 Å². The highest BCUT2D eigenvalue weighted by Gasteiger charge is 2.47. The molecule has 1 amide bonds. The highest BCUT2D eigenvalue weighted by atomic mass is 16.5. The summed E-state index contributed by atoms with van der Waals surface area (Å²) >= 11 is 0. The van der Waals surface area contributed by atoms with Gasteiger partial charge in [0.25, 0.3) is 0 Å². The van der Waals surface area contributed by atoms with Crippen molar-refractivity contribution in [1.29, 1.82) is 0 Å². The van der Waals surface area contributed by atoms with E-state index in [0.717, 1.165) is 5.56 Å². The third-order valence-electron chi connectivity index (χ3n) is 3.88. The molecule has 5 heteroatoms. The minimum Gasteiger partial charge on any atom is -0.467 e. The summed E-state index contributed by atoms with van der Waals surface area (Å²) in [5.41, 5.74) is -0.575. The number of hydrogen-bond acceptors (Lipinski definition) is 4. The zero-order valence-corrected chi connectivity index (χ0v) is 14.8. The average molecular weight is 351 g/mol. The molecule has 1 N–H and O–H groups in total. The number of nitrogens with one attached hydrogen (secondary N) is 1. The number of Topliss-reactive ketones (excluding diaryl/α,β-unsaturated/α-hetero) is 1. The van der Waals surface area contributed by atoms with Gasteiger partial charge in [-0.25, -0.2) is 4.79 Å². The smallest absolute Gasteiger partial charge is 0.340 e. The molecule has 1 unspecified atom stereocenters. The SMILES string of the molecule is COC(=O)C(C/C=C\c1ccccc1)(NC(C)=O)C(=O)c1ccccc1. The van der Waals surface area contributed by atoms with Crippen molar-refractivity contribution >= 4 is 23.7 Å². The zero-order valence-electron chi connectivity index (χ0n) is 14.8. The summed E-state index contributed by atoms with van der Waals surface area (Å²) in [6.45, 7) is 1.26. The summed E-state index contributed by atoms with van der Waals surface area (Å²) in [6.07, 6.45) is 3.45. The lowest BCUT2D eigenvalue weighted by atomic mass is 9.85. The van der Waals surface area contributed by atoms with E-state index in [2.05, 4.69) is 5.32 Å². The van der Waals surface area contributed by atoms with Crippen LogP contribution in [0.15, 0.2) is 66.7 Å². The number of amides is 1. The van der Waals surface area contributed by atoms with E-state index in [-0.39, 0.29) is 6.42 Å². The Morgan fingerprint density at radius 1 is 1.00 bits per heavy atom. The van der Waals surface area contributed by atoms with Gasteiger partial charge in [0.2, 0.25) is 11.4 Å². The van der Waals surface area contributed by atoms with E-state index >= 15 is 0 Å². The second-order valence-electron chi connectivity index (χ2n) is 5.79. The predicted molar refractivity (Wildman–Crippen MR) is 99.4 cm³/mol. The summed E-state index contributed by atoms with van der Waals surface area (Å²) in [5, 5.41) is 2.51. The van der Waals surface area contributed by atoms with Crippen LogP contribution in [0.3, 0.4) is 0 Å². The number of ketones is 1. The van der Waals surface area contributed by atoms with Crippen LogP contribution in [0.1, 0.15) is 29.3 Å². The standard InChI is InChI=1S/C21H21NO4/c1-16(23)22-21(20(25)26-2,19(24)18-13-7-4-8-14-18)15-9-12-17-10-5-3-6-11-17/h3-14H,15H2,1-2H3,(H,22,23)/b12-9-. The van der Waals surface area contributed by atoms with E-state index in [9.17, 15) is 14.4 Å². The zero-order chi connectivity index (χ0) is 19.0. The van der Waals surface area contributed by atoms with Gasteiger partial charge in [-0.3, -0.25) is 9.59 Å². The lowest BCUT2D eigenvalue weighted by Gasteiger charge is -2.29. The van der Waals surface area contributed by atoms with Gasteiger partial charge < -0.3 is 10.1 Å². The molecule has 0 saturated heterocycles. The third kappa shape index (κ3) is 4.45. The Labute approximate surface area is 152 Å². The number of esters is 1. The Morgan fingerprint density at radius 3 is 2.12 bits per heavy atom. The predicted octanol–water partition coefficient (Wildman–Crippen LogP) is 3.02. The van der Waals surface area contributed by atoms with Crippen molar-refractivity contribution in [2.75, 3.05) is 7.11 Å². The van der Waals surface area contributed by atoms with Crippen molar-refractivity contribution in [1.82, 2.24) is 5.32 Å². The Bertz CT molecular complexity index is 799. The maximum absolute atomic E-state index is 13.1. The molecule has 0 aliphatic rings. The van der Waals surface area contributed by atoms with E-state index in [0.29, 0.717) is 5.56 Å². The topological polar surface area (TPSA) is 72.5 Å². The van der Waals surface area contributed by atoms with E-state index in [1.165, 1.54) is 14.0 Å². The first kappa shape index (κ1) is 19.1. The van der Waals surface area contributed by atoms with Gasteiger partial charge in [-0.05, 0) is 5.56 Å². The van der Waals surface area contributed by atoms with Crippen molar-refractivity contribution in [3.63, 3.8) is 0 Å². The molecule has 0 aliphatic carbocycles. The highest BCUT2D eigenvalue weighted by molar-refractivity contribution is 6.18. The molecular formula is C21H21NO4. The number of hydrogen-bond donors (Lipinski definition) is 1. The van der Waals surface area contributed by atoms with Crippen molar-refractivity contribution in [2.24, 2.45) is 0 Å². The number of carbonyl (C=O) groups excluding carboxylic acids is 3. The fourth-order valence-electron chi connectivity index (χ4n) is 2.67. The lowest BCUT2D eigenvalue weighted by molar-refractivity contribution is -0.148. The molecule has 1 atom stereocenters. The number of methoxy groups -OCH3 is 1. The summed E-state index contributed by atoms with van der Waals surface area (Å²) in [6, 6.07) is 17.8. The van der Waals surface area contributed by atoms with Crippen LogP contribution in [0.2, 0.25) is 0 Å². The second-order valence-corrected chi connectivity index (χ2v) is 5.79. The molecule has 5 nitrogen and oxygen atoms in total. The van der Waals surface area contributed by atoms with Crippen LogP contribution in [0.25, 0.3) is 6.08 Å². The van der Waals surface area contributed by atoms with E-state index in [1.807, 2.05) is 30.3 Å². The van der Waals surface area contributed by atoms with Crippen molar-refractivity contribution in [3.05, 3.63) is 77.9 Å².